The zero-order chi connectivity index (χ0) is 13.8. The van der Waals surface area contributed by atoms with Crippen molar-refractivity contribution in [2.45, 2.75) is 6.42 Å². The number of nitrogens with one attached hydrogen (secondary N) is 1. The van der Waals surface area contributed by atoms with Gasteiger partial charge in [0.1, 0.15) is 5.15 Å². The number of rotatable bonds is 3. The monoisotopic (exact) mass is 282 g/mol. The summed E-state index contributed by atoms with van der Waals surface area (Å²) in [5, 5.41) is 2.82. The fourth-order valence-corrected chi connectivity index (χ4v) is 1.62. The van der Waals surface area contributed by atoms with Gasteiger partial charge in [0.05, 0.1) is 18.3 Å². The Morgan fingerprint density at radius 1 is 1.26 bits per heavy atom. The number of carbonyl (C=O) groups excluding carboxylic acids is 1. The van der Waals surface area contributed by atoms with E-state index in [0.717, 1.165) is 6.07 Å². The van der Waals surface area contributed by atoms with Crippen LogP contribution in [0.25, 0.3) is 0 Å². The van der Waals surface area contributed by atoms with E-state index in [1.165, 1.54) is 24.4 Å². The molecule has 0 aliphatic heterocycles. The minimum absolute atomic E-state index is 0.000535. The number of anilines is 1. The molecule has 0 aliphatic carbocycles. The Bertz CT molecular complexity index is 602. The van der Waals surface area contributed by atoms with Gasteiger partial charge in [-0.1, -0.05) is 23.7 Å². The molecule has 0 fully saturated rings. The van der Waals surface area contributed by atoms with Gasteiger partial charge in [0.25, 0.3) is 0 Å². The van der Waals surface area contributed by atoms with Crippen molar-refractivity contribution in [2.75, 3.05) is 5.32 Å². The molecule has 2 aromatic rings. The number of nitrogens with zero attached hydrogens (tertiary/aromatic N) is 1. The van der Waals surface area contributed by atoms with Gasteiger partial charge in [-0.3, -0.25) is 4.79 Å². The quantitative estimate of drug-likeness (QED) is 0.879. The zero-order valence-corrected chi connectivity index (χ0v) is 10.4. The maximum atomic E-state index is 13.4. The first-order chi connectivity index (χ1) is 9.06. The summed E-state index contributed by atoms with van der Waals surface area (Å²) in [5.41, 5.74) is 0.436. The summed E-state index contributed by atoms with van der Waals surface area (Å²) in [6.07, 6.45) is 1.12. The Labute approximate surface area is 113 Å². The SMILES string of the molecule is O=C(Cc1cccc(F)c1F)Nc1ccc(Cl)nc1. The molecule has 1 N–H and O–H groups in total. The van der Waals surface area contributed by atoms with Crippen molar-refractivity contribution < 1.29 is 13.6 Å². The first kappa shape index (κ1) is 13.4. The smallest absolute Gasteiger partial charge is 0.228 e. The van der Waals surface area contributed by atoms with Crippen LogP contribution in [-0.2, 0) is 11.2 Å². The highest BCUT2D eigenvalue weighted by atomic mass is 35.5. The lowest BCUT2D eigenvalue weighted by Crippen LogP contribution is -2.15. The van der Waals surface area contributed by atoms with E-state index < -0.39 is 17.5 Å². The normalized spacial score (nSPS) is 10.3. The molecular formula is C13H9ClF2N2O. The molecule has 0 radical (unpaired) electrons. The summed E-state index contributed by atoms with van der Waals surface area (Å²) in [5.74, 6) is -2.45. The molecule has 3 nitrogen and oxygen atoms in total. The van der Waals surface area contributed by atoms with Crippen LogP contribution in [-0.4, -0.2) is 10.9 Å². The van der Waals surface area contributed by atoms with Crippen LogP contribution in [0.3, 0.4) is 0 Å². The van der Waals surface area contributed by atoms with Gasteiger partial charge in [-0.2, -0.15) is 0 Å². The molecule has 0 unspecified atom stereocenters. The molecule has 0 spiro atoms. The Kier molecular flexibility index (Phi) is 4.06. The summed E-state index contributed by atoms with van der Waals surface area (Å²) in [6.45, 7) is 0. The van der Waals surface area contributed by atoms with Crippen molar-refractivity contribution in [1.82, 2.24) is 4.98 Å². The number of amides is 1. The number of aromatic nitrogens is 1. The average molecular weight is 283 g/mol. The molecule has 1 amide bonds. The second kappa shape index (κ2) is 5.75. The van der Waals surface area contributed by atoms with Crippen LogP contribution in [0, 0.1) is 11.6 Å². The molecule has 0 saturated carbocycles. The summed E-state index contributed by atoms with van der Waals surface area (Å²) in [4.78, 5) is 15.5. The lowest BCUT2D eigenvalue weighted by Gasteiger charge is -2.06. The van der Waals surface area contributed by atoms with E-state index in [1.54, 1.807) is 6.07 Å². The second-order valence-corrected chi connectivity index (χ2v) is 4.19. The largest absolute Gasteiger partial charge is 0.324 e. The molecule has 0 saturated heterocycles. The molecule has 19 heavy (non-hydrogen) atoms. The van der Waals surface area contributed by atoms with Gasteiger partial charge >= 0.3 is 0 Å². The molecule has 6 heteroatoms. The average Bonchev–Trinajstić information content (AvgIpc) is 2.38. The standard InChI is InChI=1S/C13H9ClF2N2O/c14-11-5-4-9(7-17-11)18-12(19)6-8-2-1-3-10(15)13(8)16/h1-5,7H,6H2,(H,18,19). The summed E-state index contributed by atoms with van der Waals surface area (Å²) >= 11 is 5.60. The number of carbonyl (C=O) groups is 1. The van der Waals surface area contributed by atoms with E-state index in [0.29, 0.717) is 10.8 Å². The third kappa shape index (κ3) is 3.48. The van der Waals surface area contributed by atoms with E-state index >= 15 is 0 Å². The van der Waals surface area contributed by atoms with Gasteiger partial charge < -0.3 is 5.32 Å². The lowest BCUT2D eigenvalue weighted by molar-refractivity contribution is -0.115. The first-order valence-corrected chi connectivity index (χ1v) is 5.78. The van der Waals surface area contributed by atoms with Crippen LogP contribution in [0.4, 0.5) is 14.5 Å². The van der Waals surface area contributed by atoms with E-state index in [9.17, 15) is 13.6 Å². The lowest BCUT2D eigenvalue weighted by atomic mass is 10.1. The zero-order valence-electron chi connectivity index (χ0n) is 9.66. The number of benzene rings is 1. The van der Waals surface area contributed by atoms with Crippen molar-refractivity contribution in [3.8, 4) is 0 Å². The van der Waals surface area contributed by atoms with Crippen LogP contribution in [0.5, 0.6) is 0 Å². The molecule has 1 aromatic heterocycles. The summed E-state index contributed by atoms with van der Waals surface area (Å²) < 4.78 is 26.3. The number of pyridine rings is 1. The Morgan fingerprint density at radius 2 is 2.05 bits per heavy atom. The number of hydrogen-bond acceptors (Lipinski definition) is 2. The fourth-order valence-electron chi connectivity index (χ4n) is 1.51. The molecule has 0 bridgehead atoms. The third-order valence-corrected chi connectivity index (χ3v) is 2.62. The molecular weight excluding hydrogens is 274 g/mol. The minimum Gasteiger partial charge on any atom is -0.324 e. The van der Waals surface area contributed by atoms with Gasteiger partial charge in [0.15, 0.2) is 11.6 Å². The van der Waals surface area contributed by atoms with Crippen molar-refractivity contribution in [3.63, 3.8) is 0 Å². The predicted octanol–water partition coefficient (Wildman–Crippen LogP) is 3.19. The topological polar surface area (TPSA) is 42.0 Å². The molecule has 0 aliphatic rings. The predicted molar refractivity (Wildman–Crippen MR) is 67.9 cm³/mol. The van der Waals surface area contributed by atoms with Gasteiger partial charge in [-0.15, -0.1) is 0 Å². The van der Waals surface area contributed by atoms with Crippen LogP contribution < -0.4 is 5.32 Å². The molecule has 2 rings (SSSR count). The van der Waals surface area contributed by atoms with Crippen LogP contribution in [0.1, 0.15) is 5.56 Å². The maximum absolute atomic E-state index is 13.4. The highest BCUT2D eigenvalue weighted by Crippen LogP contribution is 2.14. The molecule has 1 aromatic carbocycles. The third-order valence-electron chi connectivity index (χ3n) is 2.39. The van der Waals surface area contributed by atoms with Crippen LogP contribution in [0.2, 0.25) is 5.15 Å². The van der Waals surface area contributed by atoms with E-state index in [4.69, 9.17) is 11.6 Å². The molecule has 0 atom stereocenters. The summed E-state index contributed by atoms with van der Waals surface area (Å²) in [6, 6.07) is 6.79. The maximum Gasteiger partial charge on any atom is 0.228 e. The summed E-state index contributed by atoms with van der Waals surface area (Å²) in [7, 11) is 0. The first-order valence-electron chi connectivity index (χ1n) is 5.40. The highest BCUT2D eigenvalue weighted by Gasteiger charge is 2.11. The van der Waals surface area contributed by atoms with Crippen molar-refractivity contribution in [1.29, 1.82) is 0 Å². The molecule has 98 valence electrons. The fraction of sp³-hybridized carbons (Fsp3) is 0.0769. The van der Waals surface area contributed by atoms with Crippen molar-refractivity contribution in [2.24, 2.45) is 0 Å². The van der Waals surface area contributed by atoms with E-state index in [2.05, 4.69) is 10.3 Å². The second-order valence-electron chi connectivity index (χ2n) is 3.81. The Morgan fingerprint density at radius 3 is 2.74 bits per heavy atom. The van der Waals surface area contributed by atoms with E-state index in [-0.39, 0.29) is 12.0 Å². The van der Waals surface area contributed by atoms with Crippen molar-refractivity contribution >= 4 is 23.2 Å². The molecule has 1 heterocycles. The minimum atomic E-state index is -1.01. The Hall–Kier alpha value is -2.01. The highest BCUT2D eigenvalue weighted by molar-refractivity contribution is 6.29. The Balaban J connectivity index is 2.05. The van der Waals surface area contributed by atoms with Crippen LogP contribution in [0.15, 0.2) is 36.5 Å². The van der Waals surface area contributed by atoms with Gasteiger partial charge in [-0.25, -0.2) is 13.8 Å². The van der Waals surface area contributed by atoms with Crippen LogP contribution >= 0.6 is 11.6 Å². The van der Waals surface area contributed by atoms with E-state index in [1.807, 2.05) is 0 Å². The van der Waals surface area contributed by atoms with Gasteiger partial charge in [0, 0.05) is 5.56 Å². The van der Waals surface area contributed by atoms with Gasteiger partial charge in [-0.05, 0) is 18.2 Å². The van der Waals surface area contributed by atoms with Gasteiger partial charge in [0.2, 0.25) is 5.91 Å². The van der Waals surface area contributed by atoms with Crippen molar-refractivity contribution in [3.05, 3.63) is 58.9 Å². The number of halogens is 3. The number of hydrogen-bond donors (Lipinski definition) is 1.